The number of aromatic amines is 1. The van der Waals surface area contributed by atoms with E-state index >= 15 is 0 Å². The number of nitrogens with two attached hydrogens (primary N) is 1. The lowest BCUT2D eigenvalue weighted by molar-refractivity contribution is -0.140. The summed E-state index contributed by atoms with van der Waals surface area (Å²) >= 11 is 0. The van der Waals surface area contributed by atoms with Gasteiger partial charge in [-0.3, -0.25) is 9.59 Å². The zero-order valence-electron chi connectivity index (χ0n) is 15.3. The summed E-state index contributed by atoms with van der Waals surface area (Å²) < 4.78 is 36.8. The minimum atomic E-state index is -4.46. The number of carbonyl (C=O) groups excluding carboxylic acids is 2. The summed E-state index contributed by atoms with van der Waals surface area (Å²) in [6, 6.07) is 1.67. The van der Waals surface area contributed by atoms with Crippen molar-refractivity contribution in [1.82, 2.24) is 26.1 Å². The Morgan fingerprint density at radius 2 is 2.18 bits per heavy atom. The molecule has 8 nitrogen and oxygen atoms in total. The summed E-state index contributed by atoms with van der Waals surface area (Å²) in [6.07, 6.45) is -1.11. The molecule has 0 unspecified atom stereocenters. The van der Waals surface area contributed by atoms with Crippen LogP contribution in [-0.2, 0) is 9.59 Å². The van der Waals surface area contributed by atoms with Gasteiger partial charge in [0.05, 0.1) is 17.2 Å². The summed E-state index contributed by atoms with van der Waals surface area (Å²) in [5.74, 6) is -1.34. The maximum absolute atomic E-state index is 12.3. The highest BCUT2D eigenvalue weighted by atomic mass is 19.4. The van der Waals surface area contributed by atoms with E-state index in [-0.39, 0.29) is 12.1 Å². The Kier molecular flexibility index (Phi) is 6.73. The molecule has 1 fully saturated rings. The fourth-order valence-electron chi connectivity index (χ4n) is 2.87. The average molecular weight is 400 g/mol. The number of nitrogen functional groups attached to an aromatic ring is 1. The van der Waals surface area contributed by atoms with Gasteiger partial charge < -0.3 is 26.8 Å². The van der Waals surface area contributed by atoms with Crippen molar-refractivity contribution in [3.8, 4) is 0 Å². The fourth-order valence-corrected chi connectivity index (χ4v) is 2.87. The van der Waals surface area contributed by atoms with E-state index in [1.165, 1.54) is 13.1 Å². The van der Waals surface area contributed by atoms with Crippen LogP contribution in [0.15, 0.2) is 30.5 Å². The molecule has 0 aromatic carbocycles. The first-order valence-electron chi connectivity index (χ1n) is 8.54. The highest BCUT2D eigenvalue weighted by Gasteiger charge is 2.33. The summed E-state index contributed by atoms with van der Waals surface area (Å²) in [6.45, 7) is 2.87. The van der Waals surface area contributed by atoms with E-state index in [1.54, 1.807) is 17.3 Å². The molecule has 2 heterocycles. The van der Waals surface area contributed by atoms with Crippen molar-refractivity contribution in [3.05, 3.63) is 36.1 Å². The minimum absolute atomic E-state index is 0.176. The Bertz CT molecular complexity index is 771. The molecule has 2 rings (SSSR count). The van der Waals surface area contributed by atoms with Crippen LogP contribution in [0.2, 0.25) is 0 Å². The molecule has 0 bridgehead atoms. The van der Waals surface area contributed by atoms with Gasteiger partial charge in [-0.05, 0) is 12.5 Å². The standard InChI is InChI=1S/C17H23F3N6O2/c1-3-11(16(28)22-2)13(12-4-6-23-14(12)21)25-26-7-5-10(8-26)15(27)24-9-17(18,19)20/h3-4,6,10,23,25H,1,5,7-9,21H2,2H3,(H,22,28)(H,24,27)/b13-11-/t10-/m1/s1. The van der Waals surface area contributed by atoms with E-state index in [1.807, 2.05) is 5.32 Å². The van der Waals surface area contributed by atoms with Gasteiger partial charge in [-0.2, -0.15) is 13.2 Å². The smallest absolute Gasteiger partial charge is 0.385 e. The molecule has 6 N–H and O–H groups in total. The third-order valence-electron chi connectivity index (χ3n) is 4.29. The Balaban J connectivity index is 2.15. The molecular weight excluding hydrogens is 377 g/mol. The Hall–Kier alpha value is -2.95. The van der Waals surface area contributed by atoms with Crippen molar-refractivity contribution in [2.75, 3.05) is 32.4 Å². The lowest BCUT2D eigenvalue weighted by Gasteiger charge is -2.23. The van der Waals surface area contributed by atoms with Crippen molar-refractivity contribution in [2.45, 2.75) is 12.6 Å². The van der Waals surface area contributed by atoms with Gasteiger partial charge in [-0.15, -0.1) is 0 Å². The second kappa shape index (κ2) is 8.83. The van der Waals surface area contributed by atoms with Crippen molar-refractivity contribution in [1.29, 1.82) is 0 Å². The normalized spacial score (nSPS) is 18.4. The number of likely N-dealkylation sites (N-methyl/N-ethyl adjacent to an activating group) is 1. The predicted octanol–water partition coefficient (Wildman–Crippen LogP) is 0.745. The highest BCUT2D eigenvalue weighted by molar-refractivity contribution is 6.04. The number of nitrogens with zero attached hydrogens (tertiary/aromatic N) is 1. The first-order chi connectivity index (χ1) is 13.2. The molecule has 0 aliphatic carbocycles. The van der Waals surface area contributed by atoms with Gasteiger partial charge in [0.2, 0.25) is 5.91 Å². The number of carbonyl (C=O) groups is 2. The molecule has 11 heteroatoms. The number of nitrogens with one attached hydrogen (secondary N) is 4. The van der Waals surface area contributed by atoms with Crippen molar-refractivity contribution in [3.63, 3.8) is 0 Å². The van der Waals surface area contributed by atoms with Crippen molar-refractivity contribution >= 4 is 23.3 Å². The quantitative estimate of drug-likeness (QED) is 0.342. The molecule has 1 aromatic heterocycles. The summed E-state index contributed by atoms with van der Waals surface area (Å²) in [4.78, 5) is 27.0. The predicted molar refractivity (Wildman–Crippen MR) is 98.3 cm³/mol. The second-order valence-corrected chi connectivity index (χ2v) is 6.25. The molecule has 28 heavy (non-hydrogen) atoms. The zero-order valence-corrected chi connectivity index (χ0v) is 15.3. The van der Waals surface area contributed by atoms with Crippen molar-refractivity contribution in [2.24, 2.45) is 5.92 Å². The van der Waals surface area contributed by atoms with E-state index < -0.39 is 30.5 Å². The van der Waals surface area contributed by atoms with Crippen LogP contribution in [0.5, 0.6) is 0 Å². The average Bonchev–Trinajstić information content (AvgIpc) is 3.27. The molecule has 2 amide bonds. The maximum atomic E-state index is 12.3. The molecule has 0 saturated carbocycles. The molecule has 1 aliphatic heterocycles. The number of halogens is 3. The van der Waals surface area contributed by atoms with E-state index in [0.29, 0.717) is 30.0 Å². The van der Waals surface area contributed by atoms with E-state index in [2.05, 4.69) is 22.3 Å². The molecule has 154 valence electrons. The number of aromatic nitrogens is 1. The van der Waals surface area contributed by atoms with Gasteiger partial charge in [-0.25, -0.2) is 5.01 Å². The first kappa shape index (κ1) is 21.4. The highest BCUT2D eigenvalue weighted by Crippen LogP contribution is 2.25. The SMILES string of the molecule is C=C/C(C(=O)NC)=C(/NN1CC[C@@H](C(=O)NCC(F)(F)F)C1)c1cc[nH]c1N. The van der Waals surface area contributed by atoms with Crippen LogP contribution < -0.4 is 21.8 Å². The van der Waals surface area contributed by atoms with Gasteiger partial charge in [0.15, 0.2) is 0 Å². The van der Waals surface area contributed by atoms with Crippen LogP contribution >= 0.6 is 0 Å². The Morgan fingerprint density at radius 1 is 1.46 bits per heavy atom. The fraction of sp³-hybridized carbons (Fsp3) is 0.412. The molecule has 0 spiro atoms. The second-order valence-electron chi connectivity index (χ2n) is 6.25. The van der Waals surface area contributed by atoms with E-state index in [0.717, 1.165) is 0 Å². The molecular formula is C17H23F3N6O2. The lowest BCUT2D eigenvalue weighted by Crippen LogP contribution is -2.41. The van der Waals surface area contributed by atoms with Crippen LogP contribution in [-0.4, -0.2) is 54.7 Å². The number of amides is 2. The zero-order chi connectivity index (χ0) is 20.9. The Labute approximate surface area is 160 Å². The number of hydrogen-bond donors (Lipinski definition) is 5. The Morgan fingerprint density at radius 3 is 2.71 bits per heavy atom. The molecule has 1 aliphatic rings. The van der Waals surface area contributed by atoms with Crippen LogP contribution in [0.3, 0.4) is 0 Å². The van der Waals surface area contributed by atoms with Gasteiger partial charge in [-0.1, -0.05) is 12.7 Å². The molecule has 1 aromatic rings. The summed E-state index contributed by atoms with van der Waals surface area (Å²) in [5.41, 5.74) is 10.1. The van der Waals surface area contributed by atoms with Gasteiger partial charge in [0.25, 0.3) is 5.91 Å². The molecule has 1 saturated heterocycles. The number of H-pyrrole nitrogens is 1. The monoisotopic (exact) mass is 400 g/mol. The van der Waals surface area contributed by atoms with Gasteiger partial charge in [0, 0.05) is 31.9 Å². The topological polar surface area (TPSA) is 115 Å². The van der Waals surface area contributed by atoms with Gasteiger partial charge >= 0.3 is 6.18 Å². The third-order valence-corrected chi connectivity index (χ3v) is 4.29. The van der Waals surface area contributed by atoms with E-state index in [9.17, 15) is 22.8 Å². The van der Waals surface area contributed by atoms with Crippen molar-refractivity contribution < 1.29 is 22.8 Å². The number of rotatable bonds is 7. The van der Waals surface area contributed by atoms with E-state index in [4.69, 9.17) is 5.73 Å². The first-order valence-corrected chi connectivity index (χ1v) is 8.54. The van der Waals surface area contributed by atoms with Crippen LogP contribution in [0.1, 0.15) is 12.0 Å². The van der Waals surface area contributed by atoms with Crippen LogP contribution in [0.4, 0.5) is 19.0 Å². The minimum Gasteiger partial charge on any atom is -0.385 e. The van der Waals surface area contributed by atoms with Crippen LogP contribution in [0, 0.1) is 5.92 Å². The molecule has 1 atom stereocenters. The summed E-state index contributed by atoms with van der Waals surface area (Å²) in [7, 11) is 1.47. The number of alkyl halides is 3. The third kappa shape index (κ3) is 5.28. The molecule has 0 radical (unpaired) electrons. The number of hydrazine groups is 1. The van der Waals surface area contributed by atoms with Gasteiger partial charge in [0.1, 0.15) is 12.4 Å². The van der Waals surface area contributed by atoms with Crippen LogP contribution in [0.25, 0.3) is 5.70 Å². The number of hydrogen-bond acceptors (Lipinski definition) is 5. The number of anilines is 1. The lowest BCUT2D eigenvalue weighted by atomic mass is 10.1. The summed E-state index contributed by atoms with van der Waals surface area (Å²) in [5, 5.41) is 6.07. The largest absolute Gasteiger partial charge is 0.405 e. The maximum Gasteiger partial charge on any atom is 0.405 e.